The molecule has 1 aromatic carbocycles. The van der Waals surface area contributed by atoms with Crippen molar-refractivity contribution in [1.29, 1.82) is 0 Å². The van der Waals surface area contributed by atoms with E-state index in [9.17, 15) is 4.79 Å². The van der Waals surface area contributed by atoms with Gasteiger partial charge in [0.15, 0.2) is 0 Å². The van der Waals surface area contributed by atoms with Crippen LogP contribution in [0.4, 0.5) is 10.5 Å². The lowest BCUT2D eigenvalue weighted by molar-refractivity contribution is 0.259. The van der Waals surface area contributed by atoms with E-state index in [-0.39, 0.29) is 0 Å². The highest BCUT2D eigenvalue weighted by atomic mass is 16.2. The Morgan fingerprint density at radius 2 is 2.15 bits per heavy atom. The van der Waals surface area contributed by atoms with Crippen molar-refractivity contribution in [3.05, 3.63) is 29.8 Å². The molecule has 2 rings (SSSR count). The Labute approximate surface area is 120 Å². The maximum Gasteiger partial charge on any atom is 0.316 e. The second kappa shape index (κ2) is 6.72. The molecule has 0 aliphatic carbocycles. The largest absolute Gasteiger partial charge is 0.351 e. The SMILES string of the molecule is CC(NCC1CCN(C)C1)c1ccc(NC(N)=O)cc1. The number of benzene rings is 1. The summed E-state index contributed by atoms with van der Waals surface area (Å²) in [6, 6.07) is 7.56. The Morgan fingerprint density at radius 1 is 1.45 bits per heavy atom. The lowest BCUT2D eigenvalue weighted by Gasteiger charge is -2.18. The van der Waals surface area contributed by atoms with Crippen molar-refractivity contribution in [2.75, 3.05) is 32.0 Å². The Hall–Kier alpha value is -1.59. The van der Waals surface area contributed by atoms with Crippen LogP contribution in [0, 0.1) is 5.92 Å². The third-order valence-corrected chi connectivity index (χ3v) is 3.88. The first-order valence-electron chi connectivity index (χ1n) is 7.13. The predicted octanol–water partition coefficient (Wildman–Crippen LogP) is 1.78. The van der Waals surface area contributed by atoms with Crippen molar-refractivity contribution in [3.63, 3.8) is 0 Å². The fraction of sp³-hybridized carbons (Fsp3) is 0.533. The molecule has 110 valence electrons. The molecule has 2 amide bonds. The summed E-state index contributed by atoms with van der Waals surface area (Å²) < 4.78 is 0. The van der Waals surface area contributed by atoms with Gasteiger partial charge in [0.25, 0.3) is 0 Å². The molecule has 1 aromatic rings. The smallest absolute Gasteiger partial charge is 0.316 e. The first kappa shape index (κ1) is 14.8. The van der Waals surface area contributed by atoms with Crippen LogP contribution in [0.3, 0.4) is 0 Å². The number of nitrogens with two attached hydrogens (primary N) is 1. The van der Waals surface area contributed by atoms with E-state index in [0.29, 0.717) is 6.04 Å². The molecule has 0 saturated carbocycles. The lowest BCUT2D eigenvalue weighted by Crippen LogP contribution is -2.27. The molecule has 1 heterocycles. The van der Waals surface area contributed by atoms with Gasteiger partial charge in [-0.25, -0.2) is 4.79 Å². The number of carbonyl (C=O) groups excluding carboxylic acids is 1. The van der Waals surface area contributed by atoms with Gasteiger partial charge in [-0.15, -0.1) is 0 Å². The Kier molecular flexibility index (Phi) is 4.98. The predicted molar refractivity (Wildman–Crippen MR) is 81.7 cm³/mol. The molecule has 2 unspecified atom stereocenters. The summed E-state index contributed by atoms with van der Waals surface area (Å²) in [7, 11) is 2.17. The number of nitrogens with zero attached hydrogens (tertiary/aromatic N) is 1. The molecule has 1 aliphatic rings. The molecular formula is C15H24N4O. The molecule has 1 saturated heterocycles. The summed E-state index contributed by atoms with van der Waals surface area (Å²) in [5.74, 6) is 0.748. The number of rotatable bonds is 5. The van der Waals surface area contributed by atoms with Crippen LogP contribution in [-0.4, -0.2) is 37.6 Å². The van der Waals surface area contributed by atoms with E-state index in [1.165, 1.54) is 25.1 Å². The average molecular weight is 276 g/mol. The number of carbonyl (C=O) groups is 1. The quantitative estimate of drug-likeness (QED) is 0.767. The number of anilines is 1. The van der Waals surface area contributed by atoms with Crippen LogP contribution in [0.2, 0.25) is 0 Å². The van der Waals surface area contributed by atoms with Gasteiger partial charge in [-0.3, -0.25) is 0 Å². The zero-order chi connectivity index (χ0) is 14.5. The summed E-state index contributed by atoms with van der Waals surface area (Å²) in [4.78, 5) is 13.1. The van der Waals surface area contributed by atoms with Gasteiger partial charge in [0.2, 0.25) is 0 Å². The van der Waals surface area contributed by atoms with Crippen molar-refractivity contribution in [2.45, 2.75) is 19.4 Å². The first-order chi connectivity index (χ1) is 9.54. The number of primary amides is 1. The van der Waals surface area contributed by atoms with Gasteiger partial charge in [-0.1, -0.05) is 12.1 Å². The van der Waals surface area contributed by atoms with Gasteiger partial charge >= 0.3 is 6.03 Å². The molecule has 5 heteroatoms. The third kappa shape index (κ3) is 4.21. The average Bonchev–Trinajstić information content (AvgIpc) is 2.82. The standard InChI is InChI=1S/C15H24N4O/c1-11(17-9-12-7-8-19(2)10-12)13-3-5-14(6-4-13)18-15(16)20/h3-6,11-12,17H,7-10H2,1-2H3,(H3,16,18,20). The summed E-state index contributed by atoms with van der Waals surface area (Å²) >= 11 is 0. The number of amides is 2. The van der Waals surface area contributed by atoms with Gasteiger partial charge in [0, 0.05) is 18.3 Å². The summed E-state index contributed by atoms with van der Waals surface area (Å²) in [6.45, 7) is 5.59. The fourth-order valence-corrected chi connectivity index (χ4v) is 2.65. The minimum absolute atomic E-state index is 0.309. The highest BCUT2D eigenvalue weighted by Gasteiger charge is 2.19. The topological polar surface area (TPSA) is 70.4 Å². The summed E-state index contributed by atoms with van der Waals surface area (Å²) in [5.41, 5.74) is 7.03. The van der Waals surface area contributed by atoms with Crippen molar-refractivity contribution in [3.8, 4) is 0 Å². The maximum absolute atomic E-state index is 10.8. The second-order valence-corrected chi connectivity index (χ2v) is 5.66. The van der Waals surface area contributed by atoms with E-state index in [1.807, 2.05) is 24.3 Å². The molecule has 5 nitrogen and oxygen atoms in total. The van der Waals surface area contributed by atoms with Crippen molar-refractivity contribution < 1.29 is 4.79 Å². The normalized spacial score (nSPS) is 20.8. The van der Waals surface area contributed by atoms with Gasteiger partial charge in [0.05, 0.1) is 0 Å². The van der Waals surface area contributed by atoms with Gasteiger partial charge < -0.3 is 21.3 Å². The number of hydrogen-bond donors (Lipinski definition) is 3. The molecule has 2 atom stereocenters. The molecule has 0 radical (unpaired) electrons. The lowest BCUT2D eigenvalue weighted by atomic mass is 10.1. The highest BCUT2D eigenvalue weighted by Crippen LogP contribution is 2.18. The van der Waals surface area contributed by atoms with Crippen LogP contribution in [0.5, 0.6) is 0 Å². The van der Waals surface area contributed by atoms with Gasteiger partial charge in [-0.05, 0) is 57.1 Å². The van der Waals surface area contributed by atoms with Crippen LogP contribution in [-0.2, 0) is 0 Å². The zero-order valence-electron chi connectivity index (χ0n) is 12.2. The molecular weight excluding hydrogens is 252 g/mol. The van der Waals surface area contributed by atoms with Crippen molar-refractivity contribution >= 4 is 11.7 Å². The van der Waals surface area contributed by atoms with Crippen LogP contribution in [0.25, 0.3) is 0 Å². The van der Waals surface area contributed by atoms with Crippen LogP contribution in [0.15, 0.2) is 24.3 Å². The number of hydrogen-bond acceptors (Lipinski definition) is 3. The van der Waals surface area contributed by atoms with Crippen LogP contribution < -0.4 is 16.4 Å². The van der Waals surface area contributed by atoms with Gasteiger partial charge in [0.1, 0.15) is 0 Å². The van der Waals surface area contributed by atoms with Gasteiger partial charge in [-0.2, -0.15) is 0 Å². The Morgan fingerprint density at radius 3 is 2.70 bits per heavy atom. The monoisotopic (exact) mass is 276 g/mol. The number of likely N-dealkylation sites (tertiary alicyclic amines) is 1. The summed E-state index contributed by atoms with van der Waals surface area (Å²) in [6.07, 6.45) is 1.28. The minimum Gasteiger partial charge on any atom is -0.351 e. The highest BCUT2D eigenvalue weighted by molar-refractivity contribution is 5.87. The van der Waals surface area contributed by atoms with E-state index in [4.69, 9.17) is 5.73 Å². The third-order valence-electron chi connectivity index (χ3n) is 3.88. The van der Waals surface area contributed by atoms with E-state index < -0.39 is 6.03 Å². The first-order valence-corrected chi connectivity index (χ1v) is 7.13. The van der Waals surface area contributed by atoms with E-state index >= 15 is 0 Å². The zero-order valence-corrected chi connectivity index (χ0v) is 12.2. The van der Waals surface area contributed by atoms with Crippen LogP contribution in [0.1, 0.15) is 24.9 Å². The Bertz CT molecular complexity index is 446. The molecule has 1 aliphatic heterocycles. The summed E-state index contributed by atoms with van der Waals surface area (Å²) in [5, 5.41) is 6.15. The molecule has 0 spiro atoms. The molecule has 0 aromatic heterocycles. The van der Waals surface area contributed by atoms with E-state index in [2.05, 4.69) is 29.5 Å². The molecule has 4 N–H and O–H groups in total. The van der Waals surface area contributed by atoms with E-state index in [1.54, 1.807) is 0 Å². The molecule has 1 fully saturated rings. The van der Waals surface area contributed by atoms with E-state index in [0.717, 1.165) is 18.2 Å². The second-order valence-electron chi connectivity index (χ2n) is 5.66. The molecule has 20 heavy (non-hydrogen) atoms. The maximum atomic E-state index is 10.8. The minimum atomic E-state index is -0.533. The molecule has 0 bridgehead atoms. The van der Waals surface area contributed by atoms with Crippen molar-refractivity contribution in [2.24, 2.45) is 11.7 Å². The number of urea groups is 1. The fourth-order valence-electron chi connectivity index (χ4n) is 2.65. The van der Waals surface area contributed by atoms with Crippen molar-refractivity contribution in [1.82, 2.24) is 10.2 Å². The number of nitrogens with one attached hydrogen (secondary N) is 2. The van der Waals surface area contributed by atoms with Crippen LogP contribution >= 0.6 is 0 Å². The Balaban J connectivity index is 1.82.